The number of benzene rings is 1. The number of furan rings is 1. The highest BCUT2D eigenvalue weighted by atomic mass is 16.5. The molecule has 3 aromatic rings. The van der Waals surface area contributed by atoms with Crippen LogP contribution in [-0.2, 0) is 6.54 Å². The van der Waals surface area contributed by atoms with Crippen molar-refractivity contribution in [1.82, 2.24) is 10.3 Å². The van der Waals surface area contributed by atoms with Crippen molar-refractivity contribution in [2.45, 2.75) is 6.54 Å². The molecule has 0 spiro atoms. The molecule has 106 valence electrons. The molecule has 0 saturated heterocycles. The van der Waals surface area contributed by atoms with Gasteiger partial charge in [-0.2, -0.15) is 0 Å². The maximum atomic E-state index is 12.1. The van der Waals surface area contributed by atoms with Crippen LogP contribution in [0.1, 0.15) is 16.1 Å². The second-order valence-electron chi connectivity index (χ2n) is 4.53. The minimum atomic E-state index is -0.267. The molecule has 3 rings (SSSR count). The molecule has 21 heavy (non-hydrogen) atoms. The second kappa shape index (κ2) is 5.66. The number of aromatic nitrogens is 1. The first-order valence-corrected chi connectivity index (χ1v) is 6.51. The van der Waals surface area contributed by atoms with Gasteiger partial charge in [0.1, 0.15) is 0 Å². The summed E-state index contributed by atoms with van der Waals surface area (Å²) in [4.78, 5) is 16.1. The van der Waals surface area contributed by atoms with Crippen LogP contribution in [0, 0.1) is 0 Å². The van der Waals surface area contributed by atoms with Gasteiger partial charge in [-0.15, -0.1) is 0 Å². The fourth-order valence-corrected chi connectivity index (χ4v) is 2.08. The average Bonchev–Trinajstić information content (AvgIpc) is 2.97. The molecule has 2 heterocycles. The Morgan fingerprint density at radius 2 is 2.24 bits per heavy atom. The molecule has 0 unspecified atom stereocenters. The molecule has 1 N–H and O–H groups in total. The average molecular weight is 282 g/mol. The number of fused-ring (bicyclic) bond motifs is 1. The Hall–Kier alpha value is -2.82. The van der Waals surface area contributed by atoms with Crippen molar-refractivity contribution in [2.24, 2.45) is 0 Å². The molecule has 1 amide bonds. The highest BCUT2D eigenvalue weighted by molar-refractivity contribution is 5.97. The molecule has 0 radical (unpaired) electrons. The standard InChI is InChI=1S/C16H14N2O3/c1-20-13-6-2-5-12-8-14(21-15(12)13)16(19)18-10-11-4-3-7-17-9-11/h2-9H,10H2,1H3,(H,18,19). The van der Waals surface area contributed by atoms with E-state index in [0.717, 1.165) is 10.9 Å². The first-order chi connectivity index (χ1) is 10.3. The Balaban J connectivity index is 1.79. The van der Waals surface area contributed by atoms with Crippen LogP contribution < -0.4 is 10.1 Å². The Morgan fingerprint density at radius 1 is 1.33 bits per heavy atom. The van der Waals surface area contributed by atoms with Gasteiger partial charge in [-0.1, -0.05) is 18.2 Å². The Kier molecular flexibility index (Phi) is 3.55. The molecular formula is C16H14N2O3. The van der Waals surface area contributed by atoms with Crippen molar-refractivity contribution in [2.75, 3.05) is 7.11 Å². The summed E-state index contributed by atoms with van der Waals surface area (Å²) in [5.41, 5.74) is 1.51. The van der Waals surface area contributed by atoms with Crippen molar-refractivity contribution in [3.8, 4) is 5.75 Å². The number of carbonyl (C=O) groups excluding carboxylic acids is 1. The zero-order valence-corrected chi connectivity index (χ0v) is 11.5. The molecule has 0 bridgehead atoms. The predicted molar refractivity (Wildman–Crippen MR) is 78.2 cm³/mol. The number of hydrogen-bond donors (Lipinski definition) is 1. The fraction of sp³-hybridized carbons (Fsp3) is 0.125. The number of ether oxygens (including phenoxy) is 1. The van der Waals surface area contributed by atoms with Gasteiger partial charge in [-0.25, -0.2) is 0 Å². The van der Waals surface area contributed by atoms with Crippen LogP contribution in [0.15, 0.2) is 53.2 Å². The van der Waals surface area contributed by atoms with Crippen LogP contribution in [0.2, 0.25) is 0 Å². The van der Waals surface area contributed by atoms with Gasteiger partial charge in [-0.3, -0.25) is 9.78 Å². The van der Waals surface area contributed by atoms with Crippen molar-refractivity contribution in [3.05, 3.63) is 60.1 Å². The third-order valence-corrected chi connectivity index (χ3v) is 3.13. The summed E-state index contributed by atoms with van der Waals surface area (Å²) in [6, 6.07) is 11.0. The molecule has 0 atom stereocenters. The summed E-state index contributed by atoms with van der Waals surface area (Å²) in [5.74, 6) is 0.606. The van der Waals surface area contributed by atoms with Crippen LogP contribution in [0.3, 0.4) is 0 Å². The van der Waals surface area contributed by atoms with Crippen molar-refractivity contribution >= 4 is 16.9 Å². The molecule has 0 aliphatic heterocycles. The summed E-state index contributed by atoms with van der Waals surface area (Å²) in [6.45, 7) is 0.404. The van der Waals surface area contributed by atoms with Gasteiger partial charge in [0.15, 0.2) is 17.1 Å². The first kappa shape index (κ1) is 13.2. The van der Waals surface area contributed by atoms with Gasteiger partial charge < -0.3 is 14.5 Å². The fourth-order valence-electron chi connectivity index (χ4n) is 2.08. The van der Waals surface area contributed by atoms with Crippen LogP contribution in [0.4, 0.5) is 0 Å². The van der Waals surface area contributed by atoms with Crippen LogP contribution in [0.5, 0.6) is 5.75 Å². The normalized spacial score (nSPS) is 10.5. The first-order valence-electron chi connectivity index (χ1n) is 6.51. The SMILES string of the molecule is COc1cccc2cc(C(=O)NCc3cccnc3)oc12. The Labute approximate surface area is 121 Å². The zero-order chi connectivity index (χ0) is 14.7. The quantitative estimate of drug-likeness (QED) is 0.799. The molecule has 0 fully saturated rings. The minimum Gasteiger partial charge on any atom is -0.493 e. The van der Waals surface area contributed by atoms with E-state index in [-0.39, 0.29) is 11.7 Å². The van der Waals surface area contributed by atoms with E-state index in [2.05, 4.69) is 10.3 Å². The van der Waals surface area contributed by atoms with E-state index in [1.807, 2.05) is 24.3 Å². The van der Waals surface area contributed by atoms with Gasteiger partial charge in [0.2, 0.25) is 0 Å². The van der Waals surface area contributed by atoms with Gasteiger partial charge in [0.25, 0.3) is 5.91 Å². The third kappa shape index (κ3) is 2.72. The van der Waals surface area contributed by atoms with Crippen LogP contribution in [-0.4, -0.2) is 18.0 Å². The predicted octanol–water partition coefficient (Wildman–Crippen LogP) is 2.77. The number of carbonyl (C=O) groups is 1. The third-order valence-electron chi connectivity index (χ3n) is 3.13. The number of rotatable bonds is 4. The lowest BCUT2D eigenvalue weighted by atomic mass is 10.2. The summed E-state index contributed by atoms with van der Waals surface area (Å²) in [7, 11) is 1.57. The Morgan fingerprint density at radius 3 is 3.00 bits per heavy atom. The van der Waals surface area contributed by atoms with E-state index < -0.39 is 0 Å². The molecule has 0 aliphatic rings. The summed E-state index contributed by atoms with van der Waals surface area (Å²) >= 11 is 0. The molecular weight excluding hydrogens is 268 g/mol. The Bertz CT molecular complexity index is 766. The van der Waals surface area contributed by atoms with E-state index in [1.54, 1.807) is 31.6 Å². The van der Waals surface area contributed by atoms with Crippen molar-refractivity contribution < 1.29 is 13.9 Å². The van der Waals surface area contributed by atoms with Gasteiger partial charge in [0, 0.05) is 24.3 Å². The van der Waals surface area contributed by atoms with E-state index in [0.29, 0.717) is 17.9 Å². The molecule has 1 aromatic carbocycles. The monoisotopic (exact) mass is 282 g/mol. The minimum absolute atomic E-state index is 0.262. The zero-order valence-electron chi connectivity index (χ0n) is 11.5. The lowest BCUT2D eigenvalue weighted by Crippen LogP contribution is -2.22. The number of methoxy groups -OCH3 is 1. The second-order valence-corrected chi connectivity index (χ2v) is 4.53. The number of pyridine rings is 1. The smallest absolute Gasteiger partial charge is 0.287 e. The summed E-state index contributed by atoms with van der Waals surface area (Å²) in [6.07, 6.45) is 3.40. The van der Waals surface area contributed by atoms with Gasteiger partial charge >= 0.3 is 0 Å². The van der Waals surface area contributed by atoms with E-state index in [9.17, 15) is 4.79 Å². The molecule has 2 aromatic heterocycles. The molecule has 0 aliphatic carbocycles. The number of amides is 1. The molecule has 5 heteroatoms. The number of para-hydroxylation sites is 1. The van der Waals surface area contributed by atoms with E-state index in [4.69, 9.17) is 9.15 Å². The van der Waals surface area contributed by atoms with E-state index >= 15 is 0 Å². The van der Waals surface area contributed by atoms with Gasteiger partial charge in [0.05, 0.1) is 7.11 Å². The highest BCUT2D eigenvalue weighted by Crippen LogP contribution is 2.28. The number of nitrogens with zero attached hydrogens (tertiary/aromatic N) is 1. The highest BCUT2D eigenvalue weighted by Gasteiger charge is 2.14. The van der Waals surface area contributed by atoms with Gasteiger partial charge in [-0.05, 0) is 23.8 Å². The summed E-state index contributed by atoms with van der Waals surface area (Å²) in [5, 5.41) is 3.63. The topological polar surface area (TPSA) is 64.4 Å². The summed E-state index contributed by atoms with van der Waals surface area (Å²) < 4.78 is 10.8. The number of hydrogen-bond acceptors (Lipinski definition) is 4. The van der Waals surface area contributed by atoms with E-state index in [1.165, 1.54) is 0 Å². The molecule has 0 saturated carbocycles. The lowest BCUT2D eigenvalue weighted by Gasteiger charge is -2.02. The van der Waals surface area contributed by atoms with Crippen molar-refractivity contribution in [3.63, 3.8) is 0 Å². The molecule has 5 nitrogen and oxygen atoms in total. The van der Waals surface area contributed by atoms with Crippen LogP contribution in [0.25, 0.3) is 11.0 Å². The largest absolute Gasteiger partial charge is 0.493 e. The van der Waals surface area contributed by atoms with Crippen LogP contribution >= 0.6 is 0 Å². The van der Waals surface area contributed by atoms with Crippen molar-refractivity contribution in [1.29, 1.82) is 0 Å². The maximum Gasteiger partial charge on any atom is 0.287 e. The maximum absolute atomic E-state index is 12.1. The lowest BCUT2D eigenvalue weighted by molar-refractivity contribution is 0.0925. The number of nitrogens with one attached hydrogen (secondary N) is 1.